The lowest BCUT2D eigenvalue weighted by molar-refractivity contribution is -0.384. The number of ether oxygens (including phenoxy) is 1. The summed E-state index contributed by atoms with van der Waals surface area (Å²) in [6.07, 6.45) is -0.753. The molecular weight excluding hydrogens is 378 g/mol. The van der Waals surface area contributed by atoms with Crippen LogP contribution in [0.4, 0.5) is 5.69 Å². The first-order chi connectivity index (χ1) is 11.5. The first-order valence-corrected chi connectivity index (χ1v) is 7.80. The first-order valence-electron chi connectivity index (χ1n) is 7.01. The summed E-state index contributed by atoms with van der Waals surface area (Å²) in [5, 5.41) is 16.2. The zero-order valence-electron chi connectivity index (χ0n) is 12.5. The fraction of sp³-hybridized carbons (Fsp3) is 0.125. The van der Waals surface area contributed by atoms with Gasteiger partial charge >= 0.3 is 0 Å². The van der Waals surface area contributed by atoms with Gasteiger partial charge in [0, 0.05) is 34.7 Å². The molecule has 0 aliphatic carbocycles. The quantitative estimate of drug-likeness (QED) is 0.592. The van der Waals surface area contributed by atoms with E-state index in [1.165, 1.54) is 24.1 Å². The number of nitrogens with zero attached hydrogens (tertiary/aromatic N) is 3. The minimum Gasteiger partial charge on any atom is -0.446 e. The summed E-state index contributed by atoms with van der Waals surface area (Å²) in [7, 11) is 0. The van der Waals surface area contributed by atoms with E-state index in [4.69, 9.17) is 4.74 Å². The Kier molecular flexibility index (Phi) is 4.30. The maximum Gasteiger partial charge on any atom is 0.269 e. The van der Waals surface area contributed by atoms with Gasteiger partial charge in [0.25, 0.3) is 5.69 Å². The van der Waals surface area contributed by atoms with Crippen molar-refractivity contribution in [1.82, 2.24) is 5.01 Å². The van der Waals surface area contributed by atoms with Crippen molar-refractivity contribution < 1.29 is 14.5 Å². The van der Waals surface area contributed by atoms with Crippen molar-refractivity contribution in [3.63, 3.8) is 0 Å². The van der Waals surface area contributed by atoms with E-state index in [0.29, 0.717) is 11.5 Å². The van der Waals surface area contributed by atoms with E-state index in [-0.39, 0.29) is 11.6 Å². The third-order valence-electron chi connectivity index (χ3n) is 3.43. The van der Waals surface area contributed by atoms with E-state index in [1.807, 2.05) is 24.3 Å². The van der Waals surface area contributed by atoms with Crippen molar-refractivity contribution in [3.8, 4) is 0 Å². The van der Waals surface area contributed by atoms with Crippen LogP contribution in [0.1, 0.15) is 24.3 Å². The number of rotatable bonds is 3. The second-order valence-electron chi connectivity index (χ2n) is 5.10. The van der Waals surface area contributed by atoms with Gasteiger partial charge in [-0.3, -0.25) is 14.9 Å². The van der Waals surface area contributed by atoms with Gasteiger partial charge in [-0.2, -0.15) is 5.01 Å². The second kappa shape index (κ2) is 6.40. The summed E-state index contributed by atoms with van der Waals surface area (Å²) >= 11 is 3.38. The first kappa shape index (κ1) is 16.1. The Morgan fingerprint density at radius 2 is 2.00 bits per heavy atom. The Morgan fingerprint density at radius 1 is 1.29 bits per heavy atom. The molecular formula is C16H12BrN3O4. The van der Waals surface area contributed by atoms with E-state index < -0.39 is 11.2 Å². The highest BCUT2D eigenvalue weighted by atomic mass is 79.9. The van der Waals surface area contributed by atoms with Crippen LogP contribution < -0.4 is 0 Å². The Labute approximate surface area is 145 Å². The van der Waals surface area contributed by atoms with Crippen molar-refractivity contribution in [2.45, 2.75) is 13.2 Å². The molecule has 2 aromatic rings. The molecule has 2 aromatic carbocycles. The van der Waals surface area contributed by atoms with Crippen molar-refractivity contribution in [2.75, 3.05) is 0 Å². The van der Waals surface area contributed by atoms with E-state index in [0.717, 1.165) is 10.0 Å². The van der Waals surface area contributed by atoms with Crippen LogP contribution in [0.5, 0.6) is 0 Å². The van der Waals surface area contributed by atoms with Crippen LogP contribution >= 0.6 is 15.9 Å². The topological polar surface area (TPSA) is 85.0 Å². The van der Waals surface area contributed by atoms with Crippen molar-refractivity contribution in [3.05, 3.63) is 74.2 Å². The normalized spacial score (nSPS) is 16.5. The number of non-ortho nitro benzene ring substituents is 1. The number of nitro benzene ring substituents is 1. The zero-order chi connectivity index (χ0) is 17.3. The maximum absolute atomic E-state index is 11.9. The van der Waals surface area contributed by atoms with Crippen LogP contribution in [0.3, 0.4) is 0 Å². The second-order valence-corrected chi connectivity index (χ2v) is 6.01. The van der Waals surface area contributed by atoms with Gasteiger partial charge in [-0.05, 0) is 30.3 Å². The molecule has 122 valence electrons. The number of halogens is 1. The molecule has 7 nitrogen and oxygen atoms in total. The molecule has 0 saturated heterocycles. The number of carbonyl (C=O) groups excluding carboxylic acids is 1. The predicted octanol–water partition coefficient (Wildman–Crippen LogP) is 3.60. The molecule has 0 unspecified atom stereocenters. The van der Waals surface area contributed by atoms with E-state index in [1.54, 1.807) is 12.1 Å². The van der Waals surface area contributed by atoms with E-state index in [9.17, 15) is 14.9 Å². The minimum atomic E-state index is -0.753. The summed E-state index contributed by atoms with van der Waals surface area (Å²) in [6, 6.07) is 13.2. The average Bonchev–Trinajstić information content (AvgIpc) is 3.00. The Bertz CT molecular complexity index is 835. The number of carbonyl (C=O) groups is 1. The average molecular weight is 390 g/mol. The third kappa shape index (κ3) is 3.13. The van der Waals surface area contributed by atoms with Crippen molar-refractivity contribution >= 4 is 33.4 Å². The number of hydrazone groups is 1. The van der Waals surface area contributed by atoms with Crippen LogP contribution in [0.2, 0.25) is 0 Å². The fourth-order valence-corrected chi connectivity index (χ4v) is 2.68. The summed E-state index contributed by atoms with van der Waals surface area (Å²) in [5.74, 6) is 0.0261. The molecule has 0 aromatic heterocycles. The van der Waals surface area contributed by atoms with Gasteiger partial charge in [-0.15, -0.1) is 5.10 Å². The summed E-state index contributed by atoms with van der Waals surface area (Å²) in [6.45, 7) is 1.38. The van der Waals surface area contributed by atoms with Gasteiger partial charge in [0.1, 0.15) is 0 Å². The van der Waals surface area contributed by atoms with Crippen LogP contribution in [-0.2, 0) is 9.53 Å². The molecule has 1 heterocycles. The molecule has 1 aliphatic rings. The molecule has 8 heteroatoms. The van der Waals surface area contributed by atoms with Crippen LogP contribution in [0, 0.1) is 10.1 Å². The number of hydrogen-bond donors (Lipinski definition) is 0. The summed E-state index contributed by atoms with van der Waals surface area (Å²) in [5.41, 5.74) is 1.30. The van der Waals surface area contributed by atoms with Crippen LogP contribution in [-0.4, -0.2) is 21.7 Å². The molecule has 0 radical (unpaired) electrons. The number of amides is 1. The van der Waals surface area contributed by atoms with Gasteiger partial charge in [-0.25, -0.2) is 0 Å². The highest BCUT2D eigenvalue weighted by Gasteiger charge is 2.33. The summed E-state index contributed by atoms with van der Waals surface area (Å²) < 4.78 is 6.69. The SMILES string of the molecule is CC(=O)N1N=C(c2cccc(Br)c2)O[C@H]1c1ccc([N+](=O)[O-])cc1. The smallest absolute Gasteiger partial charge is 0.269 e. The number of nitro groups is 1. The monoisotopic (exact) mass is 389 g/mol. The summed E-state index contributed by atoms with van der Waals surface area (Å²) in [4.78, 5) is 22.1. The Balaban J connectivity index is 1.92. The third-order valence-corrected chi connectivity index (χ3v) is 3.92. The van der Waals surface area contributed by atoms with Gasteiger partial charge in [0.15, 0.2) is 0 Å². The van der Waals surface area contributed by atoms with Crippen molar-refractivity contribution in [2.24, 2.45) is 5.10 Å². The molecule has 24 heavy (non-hydrogen) atoms. The molecule has 0 bridgehead atoms. The maximum atomic E-state index is 11.9. The van der Waals surface area contributed by atoms with Gasteiger partial charge in [0.2, 0.25) is 18.0 Å². The largest absolute Gasteiger partial charge is 0.446 e. The molecule has 0 spiro atoms. The highest BCUT2D eigenvalue weighted by Crippen LogP contribution is 2.31. The molecule has 1 amide bonds. The number of benzene rings is 2. The van der Waals surface area contributed by atoms with E-state index >= 15 is 0 Å². The minimum absolute atomic E-state index is 0.0285. The molecule has 1 atom stereocenters. The Morgan fingerprint density at radius 3 is 2.58 bits per heavy atom. The van der Waals surface area contributed by atoms with E-state index in [2.05, 4.69) is 21.0 Å². The van der Waals surface area contributed by atoms with Crippen molar-refractivity contribution in [1.29, 1.82) is 0 Å². The lowest BCUT2D eigenvalue weighted by atomic mass is 10.1. The molecule has 3 rings (SSSR count). The lowest BCUT2D eigenvalue weighted by Gasteiger charge is -2.19. The predicted molar refractivity (Wildman–Crippen MR) is 90.1 cm³/mol. The van der Waals surface area contributed by atoms with Gasteiger partial charge in [-0.1, -0.05) is 22.0 Å². The molecule has 0 saturated carbocycles. The Hall–Kier alpha value is -2.74. The lowest BCUT2D eigenvalue weighted by Crippen LogP contribution is -2.25. The molecule has 1 aliphatic heterocycles. The highest BCUT2D eigenvalue weighted by molar-refractivity contribution is 9.10. The zero-order valence-corrected chi connectivity index (χ0v) is 14.1. The number of hydrogen-bond acceptors (Lipinski definition) is 5. The molecule has 0 N–H and O–H groups in total. The van der Waals surface area contributed by atoms with Crippen LogP contribution in [0.25, 0.3) is 0 Å². The standard InChI is InChI=1S/C16H12BrN3O4/c1-10(21)19-16(11-5-7-14(8-6-11)20(22)23)24-15(18-19)12-3-2-4-13(17)9-12/h2-9,16H,1H3/t16-/m0/s1. The van der Waals surface area contributed by atoms with Crippen LogP contribution in [0.15, 0.2) is 58.1 Å². The molecule has 0 fully saturated rings. The fourth-order valence-electron chi connectivity index (χ4n) is 2.28. The van der Waals surface area contributed by atoms with Gasteiger partial charge < -0.3 is 4.74 Å². The van der Waals surface area contributed by atoms with Gasteiger partial charge in [0.05, 0.1) is 4.92 Å².